The normalized spacial score (nSPS) is 11.9. The number of thiophene rings is 1. The molecule has 0 bridgehead atoms. The van der Waals surface area contributed by atoms with E-state index >= 15 is 0 Å². The zero-order valence-electron chi connectivity index (χ0n) is 20.4. The number of thiazole rings is 1. The fraction of sp³-hybridized carbons (Fsp3) is 0.333. The average molecular weight is 533 g/mol. The van der Waals surface area contributed by atoms with Crippen LogP contribution in [0.5, 0.6) is 5.75 Å². The van der Waals surface area contributed by atoms with Crippen LogP contribution in [0, 0.1) is 0 Å². The maximum atomic E-state index is 12.0. The molecule has 8 nitrogen and oxygen atoms in total. The maximum Gasteiger partial charge on any atom is 0.436 e. The second-order valence-electron chi connectivity index (χ2n) is 8.64. The number of likely N-dealkylation sites (N-methyl/N-ethyl adjacent to an activating group) is 1. The second kappa shape index (κ2) is 11.2. The van der Waals surface area contributed by atoms with E-state index in [0.29, 0.717) is 10.6 Å². The Labute approximate surface area is 217 Å². The van der Waals surface area contributed by atoms with E-state index in [1.807, 2.05) is 42.0 Å². The van der Waals surface area contributed by atoms with Crippen LogP contribution in [0.2, 0.25) is 0 Å². The Bertz CT molecular complexity index is 1240. The summed E-state index contributed by atoms with van der Waals surface area (Å²) in [5.74, 6) is 0.597. The number of hydrogen-bond donors (Lipinski definition) is 1. The maximum absolute atomic E-state index is 12.0. The van der Waals surface area contributed by atoms with Crippen LogP contribution in [0.4, 0.5) is 4.79 Å². The quantitative estimate of drug-likeness (QED) is 0.248. The van der Waals surface area contributed by atoms with Crippen LogP contribution in [0.1, 0.15) is 25.6 Å². The van der Waals surface area contributed by atoms with Crippen molar-refractivity contribution in [1.82, 2.24) is 9.88 Å². The SMILES string of the molecule is CSc1sc(/C(N)=N\C(=O)OC(C)(C)C)cc1-c1nc(-c2cccc(OCC(=O)N(C)C)c2)cs1. The number of aliphatic imine (C=N–C) groups is 1. The fourth-order valence-electron chi connectivity index (χ4n) is 2.79. The van der Waals surface area contributed by atoms with E-state index in [1.165, 1.54) is 27.6 Å². The van der Waals surface area contributed by atoms with Gasteiger partial charge in [-0.2, -0.15) is 4.99 Å². The van der Waals surface area contributed by atoms with Crippen LogP contribution in [-0.2, 0) is 9.53 Å². The van der Waals surface area contributed by atoms with Crippen LogP contribution >= 0.6 is 34.4 Å². The van der Waals surface area contributed by atoms with Crippen LogP contribution in [0.3, 0.4) is 0 Å². The molecule has 3 rings (SSSR count). The molecule has 35 heavy (non-hydrogen) atoms. The molecule has 11 heteroatoms. The number of aromatic nitrogens is 1. The van der Waals surface area contributed by atoms with Crippen molar-refractivity contribution >= 4 is 52.3 Å². The van der Waals surface area contributed by atoms with Gasteiger partial charge >= 0.3 is 6.09 Å². The molecule has 0 aliphatic heterocycles. The van der Waals surface area contributed by atoms with Gasteiger partial charge in [0, 0.05) is 30.6 Å². The number of amides is 2. The molecule has 0 aliphatic carbocycles. The minimum Gasteiger partial charge on any atom is -0.484 e. The standard InChI is InChI=1S/C24H28N4O4S3/c1-24(2,3)32-23(30)27-20(25)18-11-16(22(33-6)35-18)21-26-17(13-34-21)14-8-7-9-15(10-14)31-12-19(29)28(4)5/h7-11,13H,12H2,1-6H3,(H2,25,27,30). The minimum atomic E-state index is -0.721. The lowest BCUT2D eigenvalue weighted by molar-refractivity contribution is -0.130. The van der Waals surface area contributed by atoms with Crippen molar-refractivity contribution in [3.8, 4) is 27.6 Å². The molecule has 0 radical (unpaired) electrons. The van der Waals surface area contributed by atoms with Crippen molar-refractivity contribution in [1.29, 1.82) is 0 Å². The second-order valence-corrected chi connectivity index (χ2v) is 11.6. The number of nitrogens with zero attached hydrogens (tertiary/aromatic N) is 3. The van der Waals surface area contributed by atoms with Gasteiger partial charge in [-0.25, -0.2) is 9.78 Å². The predicted molar refractivity (Wildman–Crippen MR) is 144 cm³/mol. The lowest BCUT2D eigenvalue weighted by atomic mass is 10.1. The highest BCUT2D eigenvalue weighted by molar-refractivity contribution is 8.00. The van der Waals surface area contributed by atoms with Crippen molar-refractivity contribution < 1.29 is 19.1 Å². The number of amidine groups is 1. The lowest BCUT2D eigenvalue weighted by Crippen LogP contribution is -2.27. The molecular weight excluding hydrogens is 504 g/mol. The highest BCUT2D eigenvalue weighted by Crippen LogP contribution is 2.40. The number of nitrogens with two attached hydrogens (primary N) is 1. The Kier molecular flexibility index (Phi) is 8.57. The Balaban J connectivity index is 1.82. The number of carbonyl (C=O) groups is 2. The van der Waals surface area contributed by atoms with Crippen molar-refractivity contribution in [2.75, 3.05) is 27.0 Å². The topological polar surface area (TPSA) is 107 Å². The van der Waals surface area contributed by atoms with Crippen LogP contribution in [-0.4, -0.2) is 60.3 Å². The van der Waals surface area contributed by atoms with Crippen LogP contribution in [0.25, 0.3) is 21.8 Å². The van der Waals surface area contributed by atoms with Gasteiger partial charge in [-0.1, -0.05) is 12.1 Å². The summed E-state index contributed by atoms with van der Waals surface area (Å²) in [5, 5.41) is 2.80. The van der Waals surface area contributed by atoms with Gasteiger partial charge in [0.05, 0.1) is 14.8 Å². The molecule has 0 saturated heterocycles. The summed E-state index contributed by atoms with van der Waals surface area (Å²) in [5.41, 5.74) is 8.07. The Morgan fingerprint density at radius 1 is 1.23 bits per heavy atom. The van der Waals surface area contributed by atoms with E-state index in [2.05, 4.69) is 4.99 Å². The molecule has 2 aromatic heterocycles. The number of carbonyl (C=O) groups excluding carboxylic acids is 2. The third-order valence-electron chi connectivity index (χ3n) is 4.47. The van der Waals surface area contributed by atoms with Gasteiger partial charge in [0.1, 0.15) is 22.2 Å². The first kappa shape index (κ1) is 26.7. The molecule has 0 spiro atoms. The highest BCUT2D eigenvalue weighted by atomic mass is 32.2. The molecule has 0 unspecified atom stereocenters. The van der Waals surface area contributed by atoms with Crippen molar-refractivity contribution in [3.05, 3.63) is 40.6 Å². The summed E-state index contributed by atoms with van der Waals surface area (Å²) in [6.45, 7) is 5.30. The van der Waals surface area contributed by atoms with Gasteiger partial charge in [-0.3, -0.25) is 4.79 Å². The number of thioether (sulfide) groups is 1. The number of benzene rings is 1. The van der Waals surface area contributed by atoms with Crippen LogP contribution in [0.15, 0.2) is 44.9 Å². The number of ether oxygens (including phenoxy) is 2. The molecule has 1 aromatic carbocycles. The van der Waals surface area contributed by atoms with Gasteiger partial charge in [0.15, 0.2) is 6.61 Å². The summed E-state index contributed by atoms with van der Waals surface area (Å²) in [6.07, 6.45) is 1.26. The average Bonchev–Trinajstić information content (AvgIpc) is 3.43. The molecule has 0 saturated carbocycles. The third-order valence-corrected chi connectivity index (χ3v) is 7.64. The lowest BCUT2D eigenvalue weighted by Gasteiger charge is -2.17. The van der Waals surface area contributed by atoms with Crippen LogP contribution < -0.4 is 10.5 Å². The van der Waals surface area contributed by atoms with Crippen molar-refractivity contribution in [2.45, 2.75) is 30.6 Å². The monoisotopic (exact) mass is 532 g/mol. The summed E-state index contributed by atoms with van der Waals surface area (Å²) < 4.78 is 11.9. The molecule has 0 fully saturated rings. The predicted octanol–water partition coefficient (Wildman–Crippen LogP) is 5.37. The summed E-state index contributed by atoms with van der Waals surface area (Å²) in [4.78, 5) is 34.7. The molecular formula is C24H28N4O4S3. The fourth-order valence-corrected chi connectivity index (χ4v) is 5.54. The molecule has 3 aromatic rings. The molecule has 2 heterocycles. The first-order valence-corrected chi connectivity index (χ1v) is 13.5. The zero-order chi connectivity index (χ0) is 25.8. The minimum absolute atomic E-state index is 0.0280. The Morgan fingerprint density at radius 2 is 1.97 bits per heavy atom. The summed E-state index contributed by atoms with van der Waals surface area (Å²) in [7, 11) is 3.38. The van der Waals surface area contributed by atoms with E-state index in [9.17, 15) is 9.59 Å². The van der Waals surface area contributed by atoms with Gasteiger partial charge in [0.25, 0.3) is 5.91 Å². The highest BCUT2D eigenvalue weighted by Gasteiger charge is 2.19. The Morgan fingerprint density at radius 3 is 2.63 bits per heavy atom. The van der Waals surface area contributed by atoms with Gasteiger partial charge < -0.3 is 20.1 Å². The number of hydrogen-bond acceptors (Lipinski definition) is 8. The first-order chi connectivity index (χ1) is 16.5. The van der Waals surface area contributed by atoms with E-state index in [0.717, 1.165) is 26.0 Å². The van der Waals surface area contributed by atoms with Crippen molar-refractivity contribution in [3.63, 3.8) is 0 Å². The van der Waals surface area contributed by atoms with E-state index in [4.69, 9.17) is 20.2 Å². The molecule has 2 N–H and O–H groups in total. The largest absolute Gasteiger partial charge is 0.484 e. The van der Waals surface area contributed by atoms with Gasteiger partial charge in [0.2, 0.25) is 0 Å². The smallest absolute Gasteiger partial charge is 0.436 e. The molecule has 0 aliphatic rings. The molecule has 2 amide bonds. The Hall–Kier alpha value is -2.89. The molecule has 186 valence electrons. The van der Waals surface area contributed by atoms with Gasteiger partial charge in [-0.05, 0) is 45.2 Å². The first-order valence-electron chi connectivity index (χ1n) is 10.6. The summed E-state index contributed by atoms with van der Waals surface area (Å²) >= 11 is 4.54. The molecule has 0 atom stereocenters. The van der Waals surface area contributed by atoms with Gasteiger partial charge in [-0.15, -0.1) is 34.4 Å². The third kappa shape index (κ3) is 7.30. The van der Waals surface area contributed by atoms with E-state index < -0.39 is 11.7 Å². The van der Waals surface area contributed by atoms with E-state index in [-0.39, 0.29) is 18.3 Å². The number of rotatable bonds is 7. The van der Waals surface area contributed by atoms with Crippen molar-refractivity contribution in [2.24, 2.45) is 10.7 Å². The van der Waals surface area contributed by atoms with E-state index in [1.54, 1.807) is 46.6 Å². The zero-order valence-corrected chi connectivity index (χ0v) is 22.9. The summed E-state index contributed by atoms with van der Waals surface area (Å²) in [6, 6.07) is 9.38.